The van der Waals surface area contributed by atoms with Gasteiger partial charge in [0.15, 0.2) is 0 Å². The van der Waals surface area contributed by atoms with E-state index < -0.39 is 23.6 Å². The van der Waals surface area contributed by atoms with Crippen LogP contribution in [0.2, 0.25) is 0 Å². The summed E-state index contributed by atoms with van der Waals surface area (Å²) in [6.45, 7) is 1.52. The number of amides is 2. The van der Waals surface area contributed by atoms with E-state index in [0.29, 0.717) is 17.1 Å². The molecule has 2 aromatic heterocycles. The second-order valence-electron chi connectivity index (χ2n) is 7.38. The molecule has 3 N–H and O–H groups in total. The number of benzene rings is 2. The van der Waals surface area contributed by atoms with Crippen LogP contribution in [0.15, 0.2) is 65.6 Å². The number of hydrogen-bond donors (Lipinski definition) is 3. The summed E-state index contributed by atoms with van der Waals surface area (Å²) in [5.74, 6) is -1.47. The average Bonchev–Trinajstić information content (AvgIpc) is 3.51. The van der Waals surface area contributed by atoms with Gasteiger partial charge < -0.3 is 10.3 Å². The van der Waals surface area contributed by atoms with E-state index in [9.17, 15) is 22.8 Å². The molecule has 1 atom stereocenters. The molecule has 0 radical (unpaired) electrons. The fourth-order valence-electron chi connectivity index (χ4n) is 3.15. The zero-order valence-corrected chi connectivity index (χ0v) is 18.5. The van der Waals surface area contributed by atoms with E-state index in [1.807, 2.05) is 0 Å². The van der Waals surface area contributed by atoms with Gasteiger partial charge in [-0.05, 0) is 36.2 Å². The Morgan fingerprint density at radius 3 is 2.50 bits per heavy atom. The van der Waals surface area contributed by atoms with Crippen LogP contribution in [0.1, 0.15) is 34.5 Å². The minimum Gasteiger partial charge on any atom is -0.324 e. The highest BCUT2D eigenvalue weighted by molar-refractivity contribution is 7.07. The van der Waals surface area contributed by atoms with E-state index in [-0.39, 0.29) is 17.4 Å². The average molecular weight is 485 g/mol. The number of carbonyl (C=O) groups is 2. The number of H-pyrrole nitrogens is 1. The molecule has 2 amide bonds. The number of aromatic nitrogens is 3. The van der Waals surface area contributed by atoms with Gasteiger partial charge in [-0.3, -0.25) is 14.9 Å². The van der Waals surface area contributed by atoms with Crippen molar-refractivity contribution in [2.75, 3.05) is 10.6 Å². The van der Waals surface area contributed by atoms with Gasteiger partial charge in [0.1, 0.15) is 5.69 Å². The van der Waals surface area contributed by atoms with Crippen molar-refractivity contribution >= 4 is 34.8 Å². The summed E-state index contributed by atoms with van der Waals surface area (Å²) in [6, 6.07) is 11.6. The van der Waals surface area contributed by atoms with Crippen molar-refractivity contribution in [2.45, 2.75) is 19.0 Å². The predicted octanol–water partition coefficient (Wildman–Crippen LogP) is 5.55. The number of rotatable bonds is 6. The maximum Gasteiger partial charge on any atom is 0.416 e. The summed E-state index contributed by atoms with van der Waals surface area (Å²) < 4.78 is 38.9. The second-order valence-corrected chi connectivity index (χ2v) is 8.10. The molecule has 0 aliphatic heterocycles. The van der Waals surface area contributed by atoms with Crippen molar-refractivity contribution in [3.8, 4) is 11.3 Å². The number of carbonyl (C=O) groups excluding carboxylic acids is 2. The number of aromatic amines is 1. The second kappa shape index (κ2) is 9.48. The maximum atomic E-state index is 13.0. The molecule has 11 heteroatoms. The van der Waals surface area contributed by atoms with Gasteiger partial charge in [-0.25, -0.2) is 9.97 Å². The molecule has 0 spiro atoms. The molecule has 0 saturated heterocycles. The number of nitrogens with one attached hydrogen (secondary N) is 3. The Bertz CT molecular complexity index is 1300. The number of anilines is 2. The topological polar surface area (TPSA) is 99.8 Å². The molecule has 2 aromatic carbocycles. The highest BCUT2D eigenvalue weighted by atomic mass is 32.1. The molecular formula is C23H18F3N5O2S. The van der Waals surface area contributed by atoms with Gasteiger partial charge in [0.2, 0.25) is 11.9 Å². The Hall–Kier alpha value is -3.99. The minimum absolute atomic E-state index is 0.166. The first-order valence-corrected chi connectivity index (χ1v) is 11.0. The third kappa shape index (κ3) is 5.31. The van der Waals surface area contributed by atoms with Gasteiger partial charge in [-0.15, -0.1) is 11.3 Å². The molecule has 0 unspecified atom stereocenters. The SMILES string of the molecule is C[C@@H](C(=O)Nc1ncc(-c2ccc(NC(=O)c3cscn3)cc2)[nH]1)c1cccc(C(F)(F)F)c1. The van der Waals surface area contributed by atoms with Crippen LogP contribution in [0.5, 0.6) is 0 Å². The van der Waals surface area contributed by atoms with Gasteiger partial charge in [0, 0.05) is 11.1 Å². The van der Waals surface area contributed by atoms with Crippen LogP contribution >= 0.6 is 11.3 Å². The van der Waals surface area contributed by atoms with Gasteiger partial charge >= 0.3 is 6.18 Å². The Kier molecular flexibility index (Phi) is 6.46. The predicted molar refractivity (Wildman–Crippen MR) is 123 cm³/mol. The van der Waals surface area contributed by atoms with Gasteiger partial charge in [0.05, 0.1) is 28.9 Å². The molecule has 0 aliphatic carbocycles. The summed E-state index contributed by atoms with van der Waals surface area (Å²) in [7, 11) is 0. The normalized spacial score (nSPS) is 12.2. The number of imidazole rings is 1. The lowest BCUT2D eigenvalue weighted by Crippen LogP contribution is -2.20. The Labute approximate surface area is 196 Å². The highest BCUT2D eigenvalue weighted by Gasteiger charge is 2.31. The first-order valence-electron chi connectivity index (χ1n) is 10.0. The number of halogens is 3. The zero-order chi connectivity index (χ0) is 24.3. The summed E-state index contributed by atoms with van der Waals surface area (Å²) in [4.78, 5) is 35.7. The Morgan fingerprint density at radius 1 is 1.06 bits per heavy atom. The van der Waals surface area contributed by atoms with E-state index in [2.05, 4.69) is 25.6 Å². The van der Waals surface area contributed by atoms with Crippen molar-refractivity contribution in [1.29, 1.82) is 0 Å². The van der Waals surface area contributed by atoms with Crippen LogP contribution in [0.3, 0.4) is 0 Å². The third-order valence-electron chi connectivity index (χ3n) is 5.04. The van der Waals surface area contributed by atoms with Crippen molar-refractivity contribution in [1.82, 2.24) is 15.0 Å². The van der Waals surface area contributed by atoms with E-state index in [1.54, 1.807) is 35.2 Å². The van der Waals surface area contributed by atoms with Crippen molar-refractivity contribution in [3.05, 3.63) is 82.4 Å². The summed E-state index contributed by atoms with van der Waals surface area (Å²) in [5, 5.41) is 6.99. The van der Waals surface area contributed by atoms with Gasteiger partial charge in [0.25, 0.3) is 5.91 Å². The lowest BCUT2D eigenvalue weighted by molar-refractivity contribution is -0.137. The van der Waals surface area contributed by atoms with Crippen LogP contribution in [0.25, 0.3) is 11.3 Å². The van der Waals surface area contributed by atoms with Crippen molar-refractivity contribution < 1.29 is 22.8 Å². The minimum atomic E-state index is -4.48. The quantitative estimate of drug-likeness (QED) is 0.334. The molecule has 0 aliphatic rings. The molecule has 0 saturated carbocycles. The number of thiazole rings is 1. The number of alkyl halides is 3. The fourth-order valence-corrected chi connectivity index (χ4v) is 3.68. The molecule has 0 bridgehead atoms. The van der Waals surface area contributed by atoms with Gasteiger partial charge in [-0.1, -0.05) is 30.3 Å². The molecule has 0 fully saturated rings. The molecule has 4 aromatic rings. The number of hydrogen-bond acceptors (Lipinski definition) is 5. The third-order valence-corrected chi connectivity index (χ3v) is 5.63. The largest absolute Gasteiger partial charge is 0.416 e. The molecule has 7 nitrogen and oxygen atoms in total. The van der Waals surface area contributed by atoms with Crippen LogP contribution in [0.4, 0.5) is 24.8 Å². The molecule has 174 valence electrons. The maximum absolute atomic E-state index is 13.0. The monoisotopic (exact) mass is 485 g/mol. The Morgan fingerprint density at radius 2 is 1.82 bits per heavy atom. The number of nitrogens with zero attached hydrogens (tertiary/aromatic N) is 2. The van der Waals surface area contributed by atoms with Crippen molar-refractivity contribution in [2.24, 2.45) is 0 Å². The van der Waals surface area contributed by atoms with E-state index in [1.165, 1.54) is 36.6 Å². The molecule has 4 rings (SSSR count). The molecule has 2 heterocycles. The van der Waals surface area contributed by atoms with Crippen LogP contribution in [-0.2, 0) is 11.0 Å². The van der Waals surface area contributed by atoms with Crippen LogP contribution in [0, 0.1) is 0 Å². The lowest BCUT2D eigenvalue weighted by atomic mass is 9.98. The Balaban J connectivity index is 1.40. The zero-order valence-electron chi connectivity index (χ0n) is 17.7. The highest BCUT2D eigenvalue weighted by Crippen LogP contribution is 2.31. The van der Waals surface area contributed by atoms with Crippen LogP contribution < -0.4 is 10.6 Å². The summed E-state index contributed by atoms with van der Waals surface area (Å²) >= 11 is 1.33. The summed E-state index contributed by atoms with van der Waals surface area (Å²) in [5.41, 5.74) is 3.30. The standard InChI is InChI=1S/C23H18F3N5O2S/c1-13(15-3-2-4-16(9-15)23(24,25)26)20(32)31-22-27-10-18(30-22)14-5-7-17(8-6-14)29-21(33)19-11-34-12-28-19/h2-13H,1H3,(H,29,33)(H2,27,30,31,32)/t13-/m1/s1. The smallest absolute Gasteiger partial charge is 0.324 e. The molecule has 34 heavy (non-hydrogen) atoms. The van der Waals surface area contributed by atoms with Crippen LogP contribution in [-0.4, -0.2) is 26.8 Å². The molecular weight excluding hydrogens is 467 g/mol. The van der Waals surface area contributed by atoms with Gasteiger partial charge in [-0.2, -0.15) is 13.2 Å². The first kappa shape index (κ1) is 23.2. The fraction of sp³-hybridized carbons (Fsp3) is 0.130. The van der Waals surface area contributed by atoms with E-state index in [4.69, 9.17) is 0 Å². The van der Waals surface area contributed by atoms with E-state index in [0.717, 1.165) is 17.7 Å². The first-order chi connectivity index (χ1) is 16.2. The lowest BCUT2D eigenvalue weighted by Gasteiger charge is -2.14. The van der Waals surface area contributed by atoms with E-state index >= 15 is 0 Å². The van der Waals surface area contributed by atoms with Crippen molar-refractivity contribution in [3.63, 3.8) is 0 Å². The summed E-state index contributed by atoms with van der Waals surface area (Å²) in [6.07, 6.45) is -2.96.